The van der Waals surface area contributed by atoms with Gasteiger partial charge in [-0.2, -0.15) is 0 Å². The van der Waals surface area contributed by atoms with Crippen molar-refractivity contribution in [1.29, 1.82) is 0 Å². The van der Waals surface area contributed by atoms with Crippen LogP contribution >= 0.6 is 11.3 Å². The molecule has 1 N–H and O–H groups in total. The van der Waals surface area contributed by atoms with Gasteiger partial charge in [-0.1, -0.05) is 36.4 Å². The smallest absolute Gasteiger partial charge is 0.331 e. The third-order valence-electron chi connectivity index (χ3n) is 2.83. The van der Waals surface area contributed by atoms with Crippen molar-refractivity contribution < 1.29 is 14.3 Å². The van der Waals surface area contributed by atoms with E-state index in [1.807, 2.05) is 47.8 Å². The molecule has 0 saturated carbocycles. The molecule has 0 unspecified atom stereocenters. The van der Waals surface area contributed by atoms with Crippen LogP contribution in [0.15, 0.2) is 53.9 Å². The van der Waals surface area contributed by atoms with E-state index in [4.69, 9.17) is 4.74 Å². The molecule has 1 amide bonds. The fourth-order valence-electron chi connectivity index (χ4n) is 1.74. The average molecular weight is 315 g/mol. The lowest BCUT2D eigenvalue weighted by Crippen LogP contribution is -2.30. The van der Waals surface area contributed by atoms with Crippen molar-refractivity contribution in [2.75, 3.05) is 13.2 Å². The highest BCUT2D eigenvalue weighted by Gasteiger charge is 2.04. The molecule has 22 heavy (non-hydrogen) atoms. The van der Waals surface area contributed by atoms with Crippen molar-refractivity contribution in [3.05, 3.63) is 64.4 Å². The number of thiophene rings is 1. The van der Waals surface area contributed by atoms with Crippen molar-refractivity contribution in [1.82, 2.24) is 5.32 Å². The Morgan fingerprint density at radius 3 is 2.68 bits per heavy atom. The second kappa shape index (κ2) is 8.79. The number of hydrogen-bond acceptors (Lipinski definition) is 4. The Bertz CT molecular complexity index is 621. The van der Waals surface area contributed by atoms with Gasteiger partial charge in [-0.15, -0.1) is 11.3 Å². The normalized spacial score (nSPS) is 10.5. The quantitative estimate of drug-likeness (QED) is 0.631. The Morgan fingerprint density at radius 2 is 1.95 bits per heavy atom. The van der Waals surface area contributed by atoms with Gasteiger partial charge in [0.1, 0.15) is 0 Å². The number of esters is 1. The van der Waals surface area contributed by atoms with Crippen LogP contribution in [-0.4, -0.2) is 25.0 Å². The van der Waals surface area contributed by atoms with Crippen LogP contribution in [-0.2, 0) is 20.7 Å². The summed E-state index contributed by atoms with van der Waals surface area (Å²) in [7, 11) is 0. The lowest BCUT2D eigenvalue weighted by Gasteiger charge is -2.04. The van der Waals surface area contributed by atoms with Crippen molar-refractivity contribution in [3.8, 4) is 0 Å². The fourth-order valence-corrected chi connectivity index (χ4v) is 2.45. The molecular weight excluding hydrogens is 298 g/mol. The highest BCUT2D eigenvalue weighted by Crippen LogP contribution is 2.08. The van der Waals surface area contributed by atoms with Crippen molar-refractivity contribution >= 4 is 29.3 Å². The van der Waals surface area contributed by atoms with Gasteiger partial charge in [0.15, 0.2) is 6.61 Å². The standard InChI is InChI=1S/C17H17NO3S/c19-16(18-11-10-15-7-4-12-22-15)13-21-17(20)9-8-14-5-2-1-3-6-14/h1-9,12H,10-11,13H2,(H,18,19)/b9-8+. The third-order valence-corrected chi connectivity index (χ3v) is 3.77. The summed E-state index contributed by atoms with van der Waals surface area (Å²) in [5, 5.41) is 4.71. The number of carbonyl (C=O) groups excluding carboxylic acids is 2. The Labute approximate surface area is 133 Å². The number of rotatable bonds is 7. The van der Waals surface area contributed by atoms with E-state index in [9.17, 15) is 9.59 Å². The maximum Gasteiger partial charge on any atom is 0.331 e. The topological polar surface area (TPSA) is 55.4 Å². The van der Waals surface area contributed by atoms with Gasteiger partial charge in [-0.3, -0.25) is 4.79 Å². The molecule has 0 atom stereocenters. The molecule has 1 aromatic heterocycles. The first-order chi connectivity index (χ1) is 10.7. The van der Waals surface area contributed by atoms with E-state index in [0.717, 1.165) is 12.0 Å². The van der Waals surface area contributed by atoms with E-state index in [2.05, 4.69) is 5.32 Å². The van der Waals surface area contributed by atoms with Gasteiger partial charge in [0.05, 0.1) is 0 Å². The molecule has 0 aliphatic heterocycles. The number of benzene rings is 1. The molecule has 5 heteroatoms. The minimum absolute atomic E-state index is 0.262. The molecule has 0 aliphatic rings. The van der Waals surface area contributed by atoms with Crippen LogP contribution in [0.4, 0.5) is 0 Å². The number of carbonyl (C=O) groups is 2. The van der Waals surface area contributed by atoms with Crippen LogP contribution in [0, 0.1) is 0 Å². The summed E-state index contributed by atoms with van der Waals surface area (Å²) in [6.07, 6.45) is 3.75. The number of amides is 1. The van der Waals surface area contributed by atoms with Crippen molar-refractivity contribution in [3.63, 3.8) is 0 Å². The van der Waals surface area contributed by atoms with E-state index in [-0.39, 0.29) is 12.5 Å². The van der Waals surface area contributed by atoms with Crippen LogP contribution in [0.2, 0.25) is 0 Å². The zero-order valence-corrected chi connectivity index (χ0v) is 12.8. The number of ether oxygens (including phenoxy) is 1. The van der Waals surface area contributed by atoms with Gasteiger partial charge < -0.3 is 10.1 Å². The lowest BCUT2D eigenvalue weighted by molar-refractivity contribution is -0.143. The summed E-state index contributed by atoms with van der Waals surface area (Å²) in [4.78, 5) is 24.2. The highest BCUT2D eigenvalue weighted by atomic mass is 32.1. The summed E-state index contributed by atoms with van der Waals surface area (Å²) < 4.78 is 4.88. The highest BCUT2D eigenvalue weighted by molar-refractivity contribution is 7.09. The molecule has 0 fully saturated rings. The van der Waals surface area contributed by atoms with Gasteiger partial charge in [0.2, 0.25) is 0 Å². The summed E-state index contributed by atoms with van der Waals surface area (Å²) in [6, 6.07) is 13.4. The van der Waals surface area contributed by atoms with Crippen LogP contribution in [0.25, 0.3) is 6.08 Å². The summed E-state index contributed by atoms with van der Waals surface area (Å²) in [5.74, 6) is -0.824. The third kappa shape index (κ3) is 5.93. The van der Waals surface area contributed by atoms with Crippen LogP contribution in [0.5, 0.6) is 0 Å². The summed E-state index contributed by atoms with van der Waals surface area (Å²) in [6.45, 7) is 0.277. The first kappa shape index (κ1) is 16.0. The molecule has 0 radical (unpaired) electrons. The molecule has 0 saturated heterocycles. The van der Waals surface area contributed by atoms with Gasteiger partial charge in [-0.25, -0.2) is 4.79 Å². The van der Waals surface area contributed by atoms with Crippen LogP contribution < -0.4 is 5.32 Å². The SMILES string of the molecule is O=C(COC(=O)/C=C/c1ccccc1)NCCc1cccs1. The Morgan fingerprint density at radius 1 is 1.14 bits per heavy atom. The van der Waals surface area contributed by atoms with Crippen LogP contribution in [0.3, 0.4) is 0 Å². The average Bonchev–Trinajstić information content (AvgIpc) is 3.05. The van der Waals surface area contributed by atoms with E-state index in [1.165, 1.54) is 11.0 Å². The zero-order valence-electron chi connectivity index (χ0n) is 12.0. The first-order valence-electron chi connectivity index (χ1n) is 6.93. The molecule has 1 heterocycles. The maximum absolute atomic E-state index is 11.5. The number of nitrogens with one attached hydrogen (secondary N) is 1. The minimum Gasteiger partial charge on any atom is -0.452 e. The van der Waals surface area contributed by atoms with E-state index < -0.39 is 5.97 Å². The molecule has 1 aromatic carbocycles. The summed E-state index contributed by atoms with van der Waals surface area (Å²) >= 11 is 1.65. The minimum atomic E-state index is -0.530. The molecule has 2 rings (SSSR count). The Hall–Kier alpha value is -2.40. The maximum atomic E-state index is 11.5. The van der Waals surface area contributed by atoms with Crippen LogP contribution in [0.1, 0.15) is 10.4 Å². The molecule has 0 aliphatic carbocycles. The van der Waals surface area contributed by atoms with Gasteiger partial charge in [0, 0.05) is 17.5 Å². The molecule has 114 valence electrons. The molecule has 0 bridgehead atoms. The lowest BCUT2D eigenvalue weighted by atomic mass is 10.2. The predicted molar refractivity (Wildman–Crippen MR) is 87.5 cm³/mol. The molecule has 0 spiro atoms. The first-order valence-corrected chi connectivity index (χ1v) is 7.81. The second-order valence-electron chi connectivity index (χ2n) is 4.53. The monoisotopic (exact) mass is 315 g/mol. The van der Waals surface area contributed by atoms with Gasteiger partial charge in [0.25, 0.3) is 5.91 Å². The number of hydrogen-bond donors (Lipinski definition) is 1. The van der Waals surface area contributed by atoms with Gasteiger partial charge >= 0.3 is 5.97 Å². The van der Waals surface area contributed by atoms with E-state index in [1.54, 1.807) is 17.4 Å². The second-order valence-corrected chi connectivity index (χ2v) is 5.56. The molecule has 4 nitrogen and oxygen atoms in total. The predicted octanol–water partition coefficient (Wildman–Crippen LogP) is 2.66. The zero-order chi connectivity index (χ0) is 15.6. The van der Waals surface area contributed by atoms with E-state index >= 15 is 0 Å². The Balaban J connectivity index is 1.63. The Kier molecular flexibility index (Phi) is 6.39. The molecular formula is C17H17NO3S. The summed E-state index contributed by atoms with van der Waals surface area (Å²) in [5.41, 5.74) is 0.903. The van der Waals surface area contributed by atoms with Crippen molar-refractivity contribution in [2.45, 2.75) is 6.42 Å². The van der Waals surface area contributed by atoms with Crippen molar-refractivity contribution in [2.24, 2.45) is 0 Å². The largest absolute Gasteiger partial charge is 0.452 e. The molecule has 2 aromatic rings. The van der Waals surface area contributed by atoms with E-state index in [0.29, 0.717) is 6.54 Å². The fraction of sp³-hybridized carbons (Fsp3) is 0.176. The van der Waals surface area contributed by atoms with Gasteiger partial charge in [-0.05, 0) is 29.5 Å².